The Labute approximate surface area is 109 Å². The molecule has 2 heterocycles. The molecule has 1 saturated heterocycles. The van der Waals surface area contributed by atoms with Gasteiger partial charge in [0.2, 0.25) is 0 Å². The lowest BCUT2D eigenvalue weighted by atomic mass is 10.2. The van der Waals surface area contributed by atoms with Crippen LogP contribution in [-0.2, 0) is 11.3 Å². The third kappa shape index (κ3) is 2.87. The van der Waals surface area contributed by atoms with E-state index in [-0.39, 0.29) is 12.0 Å². The third-order valence-corrected chi connectivity index (χ3v) is 3.40. The minimum absolute atomic E-state index is 0.105. The van der Waals surface area contributed by atoms with Gasteiger partial charge in [-0.25, -0.2) is 0 Å². The first-order valence-electron chi connectivity index (χ1n) is 5.83. The summed E-state index contributed by atoms with van der Waals surface area (Å²) >= 11 is 3.34. The molecule has 0 radical (unpaired) electrons. The molecular formula is C11H16BrN3O2. The molecule has 0 aliphatic carbocycles. The highest BCUT2D eigenvalue weighted by molar-refractivity contribution is 9.10. The molecule has 1 N–H and O–H groups in total. The van der Waals surface area contributed by atoms with Crippen LogP contribution in [0.15, 0.2) is 10.7 Å². The number of hydrogen-bond donors (Lipinski definition) is 1. The van der Waals surface area contributed by atoms with Gasteiger partial charge in [0.1, 0.15) is 5.69 Å². The van der Waals surface area contributed by atoms with E-state index < -0.39 is 0 Å². The number of aromatic nitrogens is 2. The summed E-state index contributed by atoms with van der Waals surface area (Å²) in [6, 6.07) is 0. The van der Waals surface area contributed by atoms with Gasteiger partial charge in [0, 0.05) is 19.7 Å². The van der Waals surface area contributed by atoms with Crippen molar-refractivity contribution in [1.82, 2.24) is 15.1 Å². The first-order valence-corrected chi connectivity index (χ1v) is 6.62. The molecule has 1 amide bonds. The van der Waals surface area contributed by atoms with Gasteiger partial charge in [-0.05, 0) is 35.7 Å². The fraction of sp³-hybridized carbons (Fsp3) is 0.636. The van der Waals surface area contributed by atoms with Crippen molar-refractivity contribution in [2.45, 2.75) is 32.4 Å². The number of rotatable bonds is 4. The van der Waals surface area contributed by atoms with Gasteiger partial charge in [0.25, 0.3) is 5.91 Å². The Morgan fingerprint density at radius 3 is 3.24 bits per heavy atom. The number of halogens is 1. The number of nitrogens with zero attached hydrogens (tertiary/aromatic N) is 2. The summed E-state index contributed by atoms with van der Waals surface area (Å²) in [5.41, 5.74) is 0.575. The van der Waals surface area contributed by atoms with E-state index >= 15 is 0 Å². The topological polar surface area (TPSA) is 56.2 Å². The Morgan fingerprint density at radius 2 is 2.59 bits per heavy atom. The maximum Gasteiger partial charge on any atom is 0.270 e. The molecule has 1 unspecified atom stereocenters. The van der Waals surface area contributed by atoms with Crippen molar-refractivity contribution in [3.05, 3.63) is 16.4 Å². The highest BCUT2D eigenvalue weighted by Crippen LogP contribution is 2.16. The van der Waals surface area contributed by atoms with Crippen molar-refractivity contribution in [3.8, 4) is 0 Å². The number of amides is 1. The van der Waals surface area contributed by atoms with Gasteiger partial charge < -0.3 is 10.1 Å². The van der Waals surface area contributed by atoms with Crippen molar-refractivity contribution >= 4 is 21.8 Å². The van der Waals surface area contributed by atoms with Gasteiger partial charge in [-0.15, -0.1) is 0 Å². The Hall–Kier alpha value is -0.880. The van der Waals surface area contributed by atoms with E-state index in [2.05, 4.69) is 26.3 Å². The van der Waals surface area contributed by atoms with Crippen molar-refractivity contribution < 1.29 is 9.53 Å². The molecule has 5 nitrogen and oxygen atoms in total. The largest absolute Gasteiger partial charge is 0.376 e. The molecule has 1 aliphatic rings. The van der Waals surface area contributed by atoms with Gasteiger partial charge in [-0.1, -0.05) is 0 Å². The molecule has 1 atom stereocenters. The average molecular weight is 302 g/mol. The fourth-order valence-electron chi connectivity index (χ4n) is 1.92. The molecule has 1 aromatic heterocycles. The second kappa shape index (κ2) is 5.64. The summed E-state index contributed by atoms with van der Waals surface area (Å²) in [4.78, 5) is 12.0. The second-order valence-corrected chi connectivity index (χ2v) is 4.86. The Bertz CT molecular complexity index is 399. The Kier molecular flexibility index (Phi) is 4.17. The molecule has 0 bridgehead atoms. The van der Waals surface area contributed by atoms with Crippen LogP contribution in [0.2, 0.25) is 0 Å². The standard InChI is InChI=1S/C11H16BrN3O2/c1-2-15-10(9(12)7-14-15)11(16)13-6-8-4-3-5-17-8/h7-8H,2-6H2,1H3,(H,13,16). The van der Waals surface area contributed by atoms with Crippen molar-refractivity contribution in [2.75, 3.05) is 13.2 Å². The first kappa shape index (κ1) is 12.6. The van der Waals surface area contributed by atoms with Crippen molar-refractivity contribution in [3.63, 3.8) is 0 Å². The van der Waals surface area contributed by atoms with Crippen LogP contribution < -0.4 is 5.32 Å². The van der Waals surface area contributed by atoms with Crippen molar-refractivity contribution in [1.29, 1.82) is 0 Å². The first-order chi connectivity index (χ1) is 8.22. The minimum atomic E-state index is -0.105. The highest BCUT2D eigenvalue weighted by atomic mass is 79.9. The molecule has 2 rings (SSSR count). The van der Waals surface area contributed by atoms with Crippen LogP contribution in [0.3, 0.4) is 0 Å². The average Bonchev–Trinajstić information content (AvgIpc) is 2.94. The Balaban J connectivity index is 1.96. The fourth-order valence-corrected chi connectivity index (χ4v) is 2.40. The summed E-state index contributed by atoms with van der Waals surface area (Å²) < 4.78 is 7.86. The second-order valence-electron chi connectivity index (χ2n) is 4.00. The molecule has 94 valence electrons. The monoisotopic (exact) mass is 301 g/mol. The molecule has 1 aliphatic heterocycles. The van der Waals surface area contributed by atoms with Gasteiger partial charge in [0.15, 0.2) is 0 Å². The molecule has 1 fully saturated rings. The van der Waals surface area contributed by atoms with Gasteiger partial charge in [0.05, 0.1) is 16.8 Å². The summed E-state index contributed by atoms with van der Waals surface area (Å²) in [5.74, 6) is -0.105. The van der Waals surface area contributed by atoms with Crippen LogP contribution in [0.4, 0.5) is 0 Å². The molecule has 6 heteroatoms. The lowest BCUT2D eigenvalue weighted by Gasteiger charge is -2.11. The lowest BCUT2D eigenvalue weighted by Crippen LogP contribution is -2.33. The quantitative estimate of drug-likeness (QED) is 0.918. The number of ether oxygens (including phenoxy) is 1. The van der Waals surface area contributed by atoms with E-state index in [1.165, 1.54) is 0 Å². The van der Waals surface area contributed by atoms with E-state index in [1.54, 1.807) is 10.9 Å². The molecular weight excluding hydrogens is 286 g/mol. The van der Waals surface area contributed by atoms with Crippen LogP contribution in [-0.4, -0.2) is 34.9 Å². The zero-order valence-electron chi connectivity index (χ0n) is 9.78. The zero-order valence-corrected chi connectivity index (χ0v) is 11.4. The lowest BCUT2D eigenvalue weighted by molar-refractivity contribution is 0.0848. The predicted octanol–water partition coefficient (Wildman–Crippen LogP) is 1.57. The zero-order chi connectivity index (χ0) is 12.3. The molecule has 0 spiro atoms. The predicted molar refractivity (Wildman–Crippen MR) is 66.9 cm³/mol. The van der Waals surface area contributed by atoms with Crippen LogP contribution in [0, 0.1) is 0 Å². The number of carbonyl (C=O) groups excluding carboxylic acids is 1. The Morgan fingerprint density at radius 1 is 1.76 bits per heavy atom. The van der Waals surface area contributed by atoms with Crippen LogP contribution in [0.25, 0.3) is 0 Å². The van der Waals surface area contributed by atoms with Crippen LogP contribution >= 0.6 is 15.9 Å². The smallest absolute Gasteiger partial charge is 0.270 e. The van der Waals surface area contributed by atoms with E-state index in [1.807, 2.05) is 6.92 Å². The van der Waals surface area contributed by atoms with E-state index in [4.69, 9.17) is 4.74 Å². The van der Waals surface area contributed by atoms with Crippen LogP contribution in [0.1, 0.15) is 30.3 Å². The van der Waals surface area contributed by atoms with Gasteiger partial charge in [-0.3, -0.25) is 9.48 Å². The molecule has 17 heavy (non-hydrogen) atoms. The SMILES string of the molecule is CCn1ncc(Br)c1C(=O)NCC1CCCO1. The van der Waals surface area contributed by atoms with E-state index in [0.717, 1.165) is 23.9 Å². The summed E-state index contributed by atoms with van der Waals surface area (Å²) in [7, 11) is 0. The van der Waals surface area contributed by atoms with Crippen molar-refractivity contribution in [2.24, 2.45) is 0 Å². The number of hydrogen-bond acceptors (Lipinski definition) is 3. The van der Waals surface area contributed by atoms with E-state index in [9.17, 15) is 4.79 Å². The number of aryl methyl sites for hydroxylation is 1. The van der Waals surface area contributed by atoms with Crippen LogP contribution in [0.5, 0.6) is 0 Å². The maximum atomic E-state index is 12.0. The van der Waals surface area contributed by atoms with Gasteiger partial charge in [-0.2, -0.15) is 5.10 Å². The third-order valence-electron chi connectivity index (χ3n) is 2.82. The minimum Gasteiger partial charge on any atom is -0.376 e. The molecule has 1 aromatic rings. The van der Waals surface area contributed by atoms with Gasteiger partial charge >= 0.3 is 0 Å². The van der Waals surface area contributed by atoms with E-state index in [0.29, 0.717) is 18.8 Å². The number of carbonyl (C=O) groups is 1. The number of nitrogens with one attached hydrogen (secondary N) is 1. The maximum absolute atomic E-state index is 12.0. The summed E-state index contributed by atoms with van der Waals surface area (Å²) in [6.07, 6.45) is 3.91. The molecule has 0 saturated carbocycles. The molecule has 0 aromatic carbocycles. The summed E-state index contributed by atoms with van der Waals surface area (Å²) in [6.45, 7) is 4.00. The normalized spacial score (nSPS) is 19.5. The summed E-state index contributed by atoms with van der Waals surface area (Å²) in [5, 5.41) is 7.00. The highest BCUT2D eigenvalue weighted by Gasteiger charge is 2.20.